The van der Waals surface area contributed by atoms with Crippen molar-refractivity contribution in [2.45, 2.75) is 57.1 Å². The molecule has 0 fully saturated rings. The number of halogens is 2. The highest BCUT2D eigenvalue weighted by Crippen LogP contribution is 2.28. The summed E-state index contributed by atoms with van der Waals surface area (Å²) in [5, 5.41) is 3.67. The first-order valence-electron chi connectivity index (χ1n) is 15.2. The van der Waals surface area contributed by atoms with Crippen molar-refractivity contribution in [2.75, 3.05) is 18.0 Å². The molecule has 1 N–H and O–H groups in total. The lowest BCUT2D eigenvalue weighted by molar-refractivity contribution is -0.140. The average molecular weight is 697 g/mol. The number of rotatable bonds is 14. The van der Waals surface area contributed by atoms with Crippen molar-refractivity contribution in [3.63, 3.8) is 0 Å². The maximum absolute atomic E-state index is 14.6. The molecule has 0 bridgehead atoms. The van der Waals surface area contributed by atoms with E-state index in [1.165, 1.54) is 24.1 Å². The van der Waals surface area contributed by atoms with Gasteiger partial charge in [0.15, 0.2) is 0 Å². The molecule has 0 aliphatic carbocycles. The molecule has 0 aromatic heterocycles. The molecule has 4 aromatic rings. The van der Waals surface area contributed by atoms with Crippen LogP contribution >= 0.6 is 23.2 Å². The van der Waals surface area contributed by atoms with Crippen LogP contribution in [0.4, 0.5) is 5.69 Å². The zero-order chi connectivity index (χ0) is 34.1. The first kappa shape index (κ1) is 35.8. The molecule has 0 aliphatic rings. The topological polar surface area (TPSA) is 96.0 Å². The van der Waals surface area contributed by atoms with E-state index < -0.39 is 28.5 Å². The molecular formula is C36H39Cl2N3O5S. The zero-order valence-corrected chi connectivity index (χ0v) is 29.1. The number of anilines is 1. The van der Waals surface area contributed by atoms with E-state index in [1.54, 1.807) is 54.6 Å². The summed E-state index contributed by atoms with van der Waals surface area (Å²) in [5.74, 6) is -0.434. The van der Waals surface area contributed by atoms with E-state index in [2.05, 4.69) is 5.32 Å². The van der Waals surface area contributed by atoms with Crippen molar-refractivity contribution in [3.05, 3.63) is 124 Å². The van der Waals surface area contributed by atoms with E-state index in [0.717, 1.165) is 15.4 Å². The number of carbonyl (C=O) groups is 2. The minimum Gasteiger partial charge on any atom is -0.497 e. The minimum absolute atomic E-state index is 0.0157. The number of sulfonamides is 1. The second-order valence-electron chi connectivity index (χ2n) is 11.3. The second kappa shape index (κ2) is 16.2. The minimum atomic E-state index is -4.24. The van der Waals surface area contributed by atoms with Crippen molar-refractivity contribution in [1.82, 2.24) is 10.2 Å². The third-order valence-electron chi connectivity index (χ3n) is 7.86. The molecule has 248 valence electrons. The van der Waals surface area contributed by atoms with E-state index in [1.807, 2.05) is 51.1 Å². The molecule has 4 aromatic carbocycles. The van der Waals surface area contributed by atoms with Crippen molar-refractivity contribution in [2.24, 2.45) is 0 Å². The standard InChI is InChI=1S/C36H39Cl2N3O5S/c1-5-26(3)39-36(43)34(22-27-9-7-6-8-10-27)40(23-28-13-20-32(37)33(38)21-28)35(42)24-41(29-14-11-25(2)12-15-29)47(44,45)31-18-16-30(46-4)17-19-31/h6-21,26,34H,5,22-24H2,1-4H3,(H,39,43)/t26-,34-/m0/s1. The van der Waals surface area contributed by atoms with Crippen molar-refractivity contribution in [1.29, 1.82) is 0 Å². The Morgan fingerprint density at radius 3 is 2.13 bits per heavy atom. The number of ether oxygens (including phenoxy) is 1. The number of benzene rings is 4. The Hall–Kier alpha value is -4.05. The van der Waals surface area contributed by atoms with E-state index in [9.17, 15) is 18.0 Å². The number of aryl methyl sites for hydroxylation is 1. The van der Waals surface area contributed by atoms with Crippen LogP contribution in [0.25, 0.3) is 0 Å². The normalized spacial score (nSPS) is 12.6. The molecule has 0 heterocycles. The molecule has 47 heavy (non-hydrogen) atoms. The first-order valence-corrected chi connectivity index (χ1v) is 17.4. The Bertz CT molecular complexity index is 1770. The van der Waals surface area contributed by atoms with Crippen LogP contribution in [0, 0.1) is 6.92 Å². The van der Waals surface area contributed by atoms with E-state index in [4.69, 9.17) is 27.9 Å². The predicted octanol–water partition coefficient (Wildman–Crippen LogP) is 7.06. The van der Waals surface area contributed by atoms with Gasteiger partial charge in [0, 0.05) is 19.0 Å². The highest BCUT2D eigenvalue weighted by Gasteiger charge is 2.35. The smallest absolute Gasteiger partial charge is 0.264 e. The van der Waals surface area contributed by atoms with Crippen LogP contribution in [0.3, 0.4) is 0 Å². The van der Waals surface area contributed by atoms with Gasteiger partial charge in [-0.05, 0) is 79.9 Å². The Labute approximate surface area is 287 Å². The van der Waals surface area contributed by atoms with Crippen molar-refractivity contribution < 1.29 is 22.7 Å². The number of hydrogen-bond donors (Lipinski definition) is 1. The van der Waals surface area contributed by atoms with E-state index in [0.29, 0.717) is 33.5 Å². The Balaban J connectivity index is 1.82. The van der Waals surface area contributed by atoms with Crippen LogP contribution in [0.2, 0.25) is 10.0 Å². The quantitative estimate of drug-likeness (QED) is 0.152. The Morgan fingerprint density at radius 1 is 0.872 bits per heavy atom. The highest BCUT2D eigenvalue weighted by molar-refractivity contribution is 7.92. The van der Waals surface area contributed by atoms with Gasteiger partial charge in [-0.15, -0.1) is 0 Å². The van der Waals surface area contributed by atoms with Crippen LogP contribution in [0.15, 0.2) is 102 Å². The van der Waals surface area contributed by atoms with Crippen molar-refractivity contribution >= 4 is 50.7 Å². The van der Waals surface area contributed by atoms with E-state index in [-0.39, 0.29) is 29.8 Å². The van der Waals surface area contributed by atoms with Gasteiger partial charge >= 0.3 is 0 Å². The highest BCUT2D eigenvalue weighted by atomic mass is 35.5. The Morgan fingerprint density at radius 2 is 1.53 bits per heavy atom. The van der Waals surface area contributed by atoms with Crippen molar-refractivity contribution in [3.8, 4) is 5.75 Å². The molecule has 0 spiro atoms. The maximum Gasteiger partial charge on any atom is 0.264 e. The lowest BCUT2D eigenvalue weighted by Gasteiger charge is -2.34. The van der Waals surface area contributed by atoms with Gasteiger partial charge in [-0.1, -0.05) is 84.2 Å². The second-order valence-corrected chi connectivity index (χ2v) is 14.0. The van der Waals surface area contributed by atoms with Gasteiger partial charge in [-0.25, -0.2) is 8.42 Å². The summed E-state index contributed by atoms with van der Waals surface area (Å²) in [6.07, 6.45) is 0.887. The fourth-order valence-electron chi connectivity index (χ4n) is 4.94. The molecule has 0 saturated heterocycles. The van der Waals surface area contributed by atoms with Gasteiger partial charge in [-0.3, -0.25) is 13.9 Å². The van der Waals surface area contributed by atoms with Gasteiger partial charge < -0.3 is 15.0 Å². The molecule has 11 heteroatoms. The third-order valence-corrected chi connectivity index (χ3v) is 10.4. The fourth-order valence-corrected chi connectivity index (χ4v) is 6.68. The molecular weight excluding hydrogens is 657 g/mol. The average Bonchev–Trinajstić information content (AvgIpc) is 3.07. The molecule has 0 radical (unpaired) electrons. The lowest BCUT2D eigenvalue weighted by Crippen LogP contribution is -2.54. The van der Waals surface area contributed by atoms with Gasteiger partial charge in [0.25, 0.3) is 10.0 Å². The molecule has 2 atom stereocenters. The SMILES string of the molecule is CC[C@H](C)NC(=O)[C@H](Cc1ccccc1)N(Cc1ccc(Cl)c(Cl)c1)C(=O)CN(c1ccc(C)cc1)S(=O)(=O)c1ccc(OC)cc1. The van der Waals surface area contributed by atoms with Gasteiger partial charge in [-0.2, -0.15) is 0 Å². The van der Waals surface area contributed by atoms with Gasteiger partial charge in [0.2, 0.25) is 11.8 Å². The van der Waals surface area contributed by atoms with Crippen LogP contribution in [-0.4, -0.2) is 50.9 Å². The molecule has 4 rings (SSSR count). The number of nitrogens with one attached hydrogen (secondary N) is 1. The van der Waals surface area contributed by atoms with Gasteiger partial charge in [0.05, 0.1) is 27.7 Å². The predicted molar refractivity (Wildman–Crippen MR) is 188 cm³/mol. The summed E-state index contributed by atoms with van der Waals surface area (Å²) >= 11 is 12.5. The van der Waals surface area contributed by atoms with Gasteiger partial charge in [0.1, 0.15) is 18.3 Å². The summed E-state index contributed by atoms with van der Waals surface area (Å²) < 4.78 is 34.7. The summed E-state index contributed by atoms with van der Waals surface area (Å²) in [4.78, 5) is 29.9. The van der Waals surface area contributed by atoms with Crippen LogP contribution in [0.1, 0.15) is 37.0 Å². The van der Waals surface area contributed by atoms with E-state index >= 15 is 0 Å². The zero-order valence-electron chi connectivity index (χ0n) is 26.8. The molecule has 8 nitrogen and oxygen atoms in total. The summed E-state index contributed by atoms with van der Waals surface area (Å²) in [7, 11) is -2.75. The van der Waals surface area contributed by atoms with Crippen LogP contribution in [-0.2, 0) is 32.6 Å². The molecule has 0 saturated carbocycles. The Kier molecular flexibility index (Phi) is 12.3. The number of hydrogen-bond acceptors (Lipinski definition) is 5. The summed E-state index contributed by atoms with van der Waals surface area (Å²) in [5.41, 5.74) is 2.69. The monoisotopic (exact) mass is 695 g/mol. The number of methoxy groups -OCH3 is 1. The van der Waals surface area contributed by atoms with Crippen LogP contribution in [0.5, 0.6) is 5.75 Å². The summed E-state index contributed by atoms with van der Waals surface area (Å²) in [6, 6.07) is 26.1. The maximum atomic E-state index is 14.6. The molecule has 0 unspecified atom stereocenters. The molecule has 0 aliphatic heterocycles. The largest absolute Gasteiger partial charge is 0.497 e. The number of amides is 2. The fraction of sp³-hybridized carbons (Fsp3) is 0.278. The summed E-state index contributed by atoms with van der Waals surface area (Å²) in [6.45, 7) is 5.15. The number of carbonyl (C=O) groups excluding carboxylic acids is 2. The van der Waals surface area contributed by atoms with Crippen LogP contribution < -0.4 is 14.4 Å². The lowest BCUT2D eigenvalue weighted by atomic mass is 10.0. The molecule has 2 amide bonds. The number of nitrogens with zero attached hydrogens (tertiary/aromatic N) is 2. The first-order chi connectivity index (χ1) is 22.4. The third kappa shape index (κ3) is 9.28.